The second-order valence-electron chi connectivity index (χ2n) is 10.5. The van der Waals surface area contributed by atoms with Crippen molar-refractivity contribution < 1.29 is 8.83 Å². The number of nitrogens with zero attached hydrogens (tertiary/aromatic N) is 1. The molecule has 0 saturated heterocycles. The summed E-state index contributed by atoms with van der Waals surface area (Å²) in [6, 6.07) is 41.1. The molecule has 0 atom stereocenters. The summed E-state index contributed by atoms with van der Waals surface area (Å²) in [5.41, 5.74) is 7.16. The van der Waals surface area contributed by atoms with Gasteiger partial charge in [0.1, 0.15) is 22.3 Å². The van der Waals surface area contributed by atoms with Gasteiger partial charge in [-0.3, -0.25) is 0 Å². The quantitative estimate of drug-likeness (QED) is 0.211. The van der Waals surface area contributed by atoms with Crippen molar-refractivity contribution in [3.63, 3.8) is 0 Å². The SMILES string of the molecule is c1ccc2c(c1)oc1cc(-n3c4ccccc4c4cc5c(cc43)c3cccc4oc6cccc5c6c43)ccc12. The Morgan fingerprint density at radius 3 is 1.79 bits per heavy atom. The molecule has 3 aromatic heterocycles. The first kappa shape index (κ1) is 19.8. The summed E-state index contributed by atoms with van der Waals surface area (Å²) in [4.78, 5) is 0. The number of furan rings is 2. The van der Waals surface area contributed by atoms with Gasteiger partial charge in [-0.15, -0.1) is 0 Å². The standard InChI is InChI=1S/C36H19NO2/c1-3-11-29-21(7-1)28-18-26-24-9-5-13-32-35(24)36-25(10-6-14-33(36)39-32)27(26)19-30(28)37(29)20-15-16-23-22-8-2-4-12-31(22)38-34(23)17-20/h1-19H. The lowest BCUT2D eigenvalue weighted by molar-refractivity contribution is 0.668. The maximum Gasteiger partial charge on any atom is 0.137 e. The zero-order valence-corrected chi connectivity index (χ0v) is 20.7. The van der Waals surface area contributed by atoms with Crippen LogP contribution in [0.1, 0.15) is 0 Å². The van der Waals surface area contributed by atoms with Crippen LogP contribution in [0.2, 0.25) is 0 Å². The van der Waals surface area contributed by atoms with E-state index in [0.29, 0.717) is 0 Å². The Morgan fingerprint density at radius 1 is 0.359 bits per heavy atom. The van der Waals surface area contributed by atoms with E-state index in [2.05, 4.69) is 108 Å². The van der Waals surface area contributed by atoms with E-state index in [1.54, 1.807) is 0 Å². The van der Waals surface area contributed by atoms with Crippen molar-refractivity contribution in [3.8, 4) is 5.69 Å². The minimum atomic E-state index is 0.900. The third kappa shape index (κ3) is 2.39. The van der Waals surface area contributed by atoms with Crippen molar-refractivity contribution in [3.05, 3.63) is 115 Å². The van der Waals surface area contributed by atoms with Crippen molar-refractivity contribution in [2.45, 2.75) is 0 Å². The largest absolute Gasteiger partial charge is 0.456 e. The van der Waals surface area contributed by atoms with Crippen LogP contribution in [0.15, 0.2) is 124 Å². The highest BCUT2D eigenvalue weighted by molar-refractivity contribution is 6.34. The molecule has 180 valence electrons. The zero-order chi connectivity index (χ0) is 25.2. The molecule has 0 bridgehead atoms. The van der Waals surface area contributed by atoms with Crippen LogP contribution in [0, 0.1) is 0 Å². The maximum atomic E-state index is 6.28. The molecule has 7 aromatic carbocycles. The molecule has 3 nitrogen and oxygen atoms in total. The predicted molar refractivity (Wildman–Crippen MR) is 162 cm³/mol. The van der Waals surface area contributed by atoms with Crippen molar-refractivity contribution in [1.82, 2.24) is 4.57 Å². The average Bonchev–Trinajstić information content (AvgIpc) is 3.65. The van der Waals surface area contributed by atoms with Crippen LogP contribution in [0.25, 0.3) is 92.9 Å². The van der Waals surface area contributed by atoms with Gasteiger partial charge in [0.2, 0.25) is 0 Å². The van der Waals surface area contributed by atoms with Gasteiger partial charge >= 0.3 is 0 Å². The molecule has 39 heavy (non-hydrogen) atoms. The minimum absolute atomic E-state index is 0.900. The normalized spacial score (nSPS) is 12.6. The van der Waals surface area contributed by atoms with Crippen LogP contribution >= 0.6 is 0 Å². The van der Waals surface area contributed by atoms with Gasteiger partial charge in [0.25, 0.3) is 0 Å². The Hall–Kier alpha value is -5.28. The summed E-state index contributed by atoms with van der Waals surface area (Å²) in [5.74, 6) is 0. The van der Waals surface area contributed by atoms with E-state index in [-0.39, 0.29) is 0 Å². The van der Waals surface area contributed by atoms with Gasteiger partial charge in [0, 0.05) is 44.1 Å². The van der Waals surface area contributed by atoms with Crippen LogP contribution in [0.4, 0.5) is 0 Å². The highest BCUT2D eigenvalue weighted by atomic mass is 16.3. The van der Waals surface area contributed by atoms with Crippen LogP contribution in [-0.4, -0.2) is 4.57 Å². The number of fused-ring (bicyclic) bond motifs is 9. The second kappa shape index (κ2) is 6.77. The van der Waals surface area contributed by atoms with Crippen molar-refractivity contribution in [2.75, 3.05) is 0 Å². The summed E-state index contributed by atoms with van der Waals surface area (Å²) < 4.78 is 14.9. The molecular weight excluding hydrogens is 478 g/mol. The molecule has 10 rings (SSSR count). The van der Waals surface area contributed by atoms with Crippen molar-refractivity contribution in [1.29, 1.82) is 0 Å². The molecule has 10 aromatic rings. The highest BCUT2D eigenvalue weighted by Crippen LogP contribution is 2.45. The molecule has 0 radical (unpaired) electrons. The molecule has 0 fully saturated rings. The second-order valence-corrected chi connectivity index (χ2v) is 10.5. The number of para-hydroxylation sites is 2. The molecule has 3 heteroatoms. The Bertz CT molecular complexity index is 2610. The number of rotatable bonds is 1. The molecule has 0 aliphatic carbocycles. The Balaban J connectivity index is 1.39. The molecule has 0 unspecified atom stereocenters. The van der Waals surface area contributed by atoms with Gasteiger partial charge in [-0.2, -0.15) is 0 Å². The third-order valence-corrected chi connectivity index (χ3v) is 8.54. The maximum absolute atomic E-state index is 6.28. The molecule has 0 spiro atoms. The topological polar surface area (TPSA) is 31.2 Å². The fourth-order valence-electron chi connectivity index (χ4n) is 6.91. The summed E-state index contributed by atoms with van der Waals surface area (Å²) >= 11 is 0. The predicted octanol–water partition coefficient (Wildman–Crippen LogP) is 10.3. The van der Waals surface area contributed by atoms with E-state index in [1.807, 2.05) is 12.1 Å². The highest BCUT2D eigenvalue weighted by Gasteiger charge is 2.20. The van der Waals surface area contributed by atoms with Crippen molar-refractivity contribution >= 4 is 87.2 Å². The molecular formula is C36H19NO2. The zero-order valence-electron chi connectivity index (χ0n) is 20.7. The number of aromatic nitrogens is 1. The summed E-state index contributed by atoms with van der Waals surface area (Å²) in [5, 5.41) is 12.2. The fraction of sp³-hybridized carbons (Fsp3) is 0. The van der Waals surface area contributed by atoms with Gasteiger partial charge < -0.3 is 13.4 Å². The summed E-state index contributed by atoms with van der Waals surface area (Å²) in [6.45, 7) is 0. The van der Waals surface area contributed by atoms with Gasteiger partial charge in [0.15, 0.2) is 0 Å². The lowest BCUT2D eigenvalue weighted by Gasteiger charge is -2.11. The van der Waals surface area contributed by atoms with E-state index < -0.39 is 0 Å². The molecule has 0 aliphatic rings. The Labute approximate surface area is 221 Å². The molecule has 0 aliphatic heterocycles. The molecule has 0 saturated carbocycles. The van der Waals surface area contributed by atoms with E-state index in [0.717, 1.165) is 38.8 Å². The third-order valence-electron chi connectivity index (χ3n) is 8.54. The minimum Gasteiger partial charge on any atom is -0.456 e. The lowest BCUT2D eigenvalue weighted by atomic mass is 9.93. The molecule has 3 heterocycles. The lowest BCUT2D eigenvalue weighted by Crippen LogP contribution is -1.93. The smallest absolute Gasteiger partial charge is 0.137 e. The Kier molecular flexibility index (Phi) is 3.44. The average molecular weight is 498 g/mol. The number of hydrogen-bond acceptors (Lipinski definition) is 2. The number of hydrogen-bond donors (Lipinski definition) is 0. The summed E-state index contributed by atoms with van der Waals surface area (Å²) in [7, 11) is 0. The van der Waals surface area contributed by atoms with E-state index in [4.69, 9.17) is 8.83 Å². The van der Waals surface area contributed by atoms with Gasteiger partial charge in [-0.25, -0.2) is 0 Å². The van der Waals surface area contributed by atoms with E-state index in [9.17, 15) is 0 Å². The van der Waals surface area contributed by atoms with E-state index >= 15 is 0 Å². The van der Waals surface area contributed by atoms with Gasteiger partial charge in [0.05, 0.1) is 11.0 Å². The van der Waals surface area contributed by atoms with Crippen LogP contribution in [-0.2, 0) is 0 Å². The Morgan fingerprint density at radius 2 is 0.974 bits per heavy atom. The van der Waals surface area contributed by atoms with Crippen LogP contribution < -0.4 is 0 Å². The first-order chi connectivity index (χ1) is 19.3. The fourth-order valence-corrected chi connectivity index (χ4v) is 6.91. The molecule has 0 N–H and O–H groups in total. The first-order valence-corrected chi connectivity index (χ1v) is 13.3. The summed E-state index contributed by atoms with van der Waals surface area (Å²) in [6.07, 6.45) is 0. The van der Waals surface area contributed by atoms with Crippen LogP contribution in [0.5, 0.6) is 0 Å². The van der Waals surface area contributed by atoms with E-state index in [1.165, 1.54) is 54.1 Å². The van der Waals surface area contributed by atoms with Crippen molar-refractivity contribution in [2.24, 2.45) is 0 Å². The number of benzene rings is 7. The first-order valence-electron chi connectivity index (χ1n) is 13.3. The van der Waals surface area contributed by atoms with Gasteiger partial charge in [-0.05, 0) is 70.1 Å². The van der Waals surface area contributed by atoms with Crippen LogP contribution in [0.3, 0.4) is 0 Å². The monoisotopic (exact) mass is 497 g/mol. The molecule has 0 amide bonds. The van der Waals surface area contributed by atoms with Gasteiger partial charge in [-0.1, -0.05) is 60.7 Å².